The first-order valence-electron chi connectivity index (χ1n) is 5.73. The molecule has 1 rings (SSSR count). The first-order chi connectivity index (χ1) is 8.19. The summed E-state index contributed by atoms with van der Waals surface area (Å²) >= 11 is 0. The highest BCUT2D eigenvalue weighted by molar-refractivity contribution is 5.83. The fourth-order valence-electron chi connectivity index (χ4n) is 1.54. The predicted molar refractivity (Wildman–Crippen MR) is 69.0 cm³/mol. The summed E-state index contributed by atoms with van der Waals surface area (Å²) in [5, 5.41) is 2.86. The molecule has 1 aromatic carbocycles. The first kappa shape index (κ1) is 13.3. The molecule has 2 atom stereocenters. The molecule has 3 nitrogen and oxygen atoms in total. The largest absolute Gasteiger partial charge is 0.351 e. The Hall–Kier alpha value is -1.79. The maximum Gasteiger partial charge on any atom is 0.241 e. The monoisotopic (exact) mass is 230 g/mol. The van der Waals surface area contributed by atoms with E-state index in [0.717, 1.165) is 12.0 Å². The lowest BCUT2D eigenvalue weighted by Gasteiger charge is -2.18. The van der Waals surface area contributed by atoms with Gasteiger partial charge in [0.1, 0.15) is 6.04 Å². The topological polar surface area (TPSA) is 55.1 Å². The number of benzene rings is 1. The lowest BCUT2D eigenvalue weighted by molar-refractivity contribution is -0.123. The van der Waals surface area contributed by atoms with Gasteiger partial charge in [0.05, 0.1) is 0 Å². The number of amides is 1. The Balaban J connectivity index is 2.62. The van der Waals surface area contributed by atoms with E-state index in [2.05, 4.69) is 11.2 Å². The number of nitrogens with two attached hydrogens (primary N) is 1. The second kappa shape index (κ2) is 6.72. The summed E-state index contributed by atoms with van der Waals surface area (Å²) < 4.78 is 0. The lowest BCUT2D eigenvalue weighted by atomic mass is 10.1. The highest BCUT2D eigenvalue weighted by Gasteiger charge is 2.17. The molecule has 3 heteroatoms. The normalized spacial score (nSPS) is 13.5. The lowest BCUT2D eigenvalue weighted by Crippen LogP contribution is -2.40. The van der Waals surface area contributed by atoms with Crippen LogP contribution in [0.15, 0.2) is 30.3 Å². The van der Waals surface area contributed by atoms with E-state index in [1.54, 1.807) is 0 Å². The zero-order valence-corrected chi connectivity index (χ0v) is 10.0. The molecule has 0 bridgehead atoms. The Bertz CT molecular complexity index is 394. The smallest absolute Gasteiger partial charge is 0.241 e. The summed E-state index contributed by atoms with van der Waals surface area (Å²) in [5.74, 6) is 2.37. The molecule has 0 radical (unpaired) electrons. The molecule has 0 aliphatic heterocycles. The highest BCUT2D eigenvalue weighted by atomic mass is 16.2. The van der Waals surface area contributed by atoms with Crippen LogP contribution in [0.25, 0.3) is 0 Å². The molecule has 90 valence electrons. The summed E-state index contributed by atoms with van der Waals surface area (Å²) in [6.45, 7) is 1.98. The zero-order chi connectivity index (χ0) is 12.7. The molecule has 0 aliphatic carbocycles. The number of rotatable bonds is 5. The zero-order valence-electron chi connectivity index (χ0n) is 10.0. The Morgan fingerprint density at radius 2 is 2.12 bits per heavy atom. The van der Waals surface area contributed by atoms with Crippen LogP contribution in [0.3, 0.4) is 0 Å². The van der Waals surface area contributed by atoms with Crippen LogP contribution in [0.1, 0.15) is 31.4 Å². The molecule has 1 aromatic rings. The highest BCUT2D eigenvalue weighted by Crippen LogP contribution is 2.10. The Morgan fingerprint density at radius 1 is 1.47 bits per heavy atom. The molecular formula is C14H18N2O. The van der Waals surface area contributed by atoms with E-state index >= 15 is 0 Å². The summed E-state index contributed by atoms with van der Waals surface area (Å²) in [5.41, 5.74) is 6.68. The van der Waals surface area contributed by atoms with Crippen molar-refractivity contribution < 1.29 is 4.79 Å². The minimum atomic E-state index is -0.636. The van der Waals surface area contributed by atoms with Crippen LogP contribution in [0, 0.1) is 12.3 Å². The quantitative estimate of drug-likeness (QED) is 0.755. The minimum Gasteiger partial charge on any atom is -0.351 e. The van der Waals surface area contributed by atoms with Gasteiger partial charge in [-0.3, -0.25) is 4.79 Å². The van der Waals surface area contributed by atoms with E-state index in [4.69, 9.17) is 12.2 Å². The number of terminal acetylenes is 1. The fraction of sp³-hybridized carbons (Fsp3) is 0.357. The molecular weight excluding hydrogens is 212 g/mol. The Morgan fingerprint density at radius 3 is 2.65 bits per heavy atom. The van der Waals surface area contributed by atoms with Crippen LogP contribution >= 0.6 is 0 Å². The van der Waals surface area contributed by atoms with E-state index in [9.17, 15) is 4.79 Å². The van der Waals surface area contributed by atoms with Gasteiger partial charge < -0.3 is 11.1 Å². The van der Waals surface area contributed by atoms with Crippen LogP contribution in [0.4, 0.5) is 0 Å². The van der Waals surface area contributed by atoms with Crippen molar-refractivity contribution in [2.45, 2.75) is 31.8 Å². The number of carbonyl (C=O) groups is 1. The molecule has 0 saturated heterocycles. The molecule has 1 amide bonds. The predicted octanol–water partition coefficient (Wildman–Crippen LogP) is 1.60. The average Bonchev–Trinajstić information content (AvgIpc) is 2.38. The van der Waals surface area contributed by atoms with E-state index in [0.29, 0.717) is 6.42 Å². The Labute approximate surface area is 102 Å². The summed E-state index contributed by atoms with van der Waals surface area (Å²) in [6, 6.07) is 8.66. The first-order valence-corrected chi connectivity index (χ1v) is 5.73. The molecule has 0 aromatic heterocycles. The van der Waals surface area contributed by atoms with Crippen molar-refractivity contribution in [3.63, 3.8) is 0 Å². The standard InChI is InChI=1S/C14H18N2O/c1-3-8-12(4-2)16-14(17)13(15)11-9-6-5-7-10-11/h1,5-7,9-10,12-13H,4,8,15H2,2H3,(H,16,17)/t12?,13-/m0/s1. The van der Waals surface area contributed by atoms with Gasteiger partial charge >= 0.3 is 0 Å². The minimum absolute atomic E-state index is 0.00209. The number of hydrogen-bond donors (Lipinski definition) is 2. The number of carbonyl (C=O) groups excluding carboxylic acids is 1. The van der Waals surface area contributed by atoms with Gasteiger partial charge in [-0.25, -0.2) is 0 Å². The molecule has 1 unspecified atom stereocenters. The van der Waals surface area contributed by atoms with Crippen molar-refractivity contribution in [1.29, 1.82) is 0 Å². The van der Waals surface area contributed by atoms with Gasteiger partial charge in [0, 0.05) is 12.5 Å². The molecule has 0 aliphatic rings. The summed E-state index contributed by atoms with van der Waals surface area (Å²) in [4.78, 5) is 11.9. The van der Waals surface area contributed by atoms with E-state index in [1.165, 1.54) is 0 Å². The third-order valence-electron chi connectivity index (χ3n) is 2.64. The number of nitrogens with one attached hydrogen (secondary N) is 1. The third kappa shape index (κ3) is 3.93. The van der Waals surface area contributed by atoms with E-state index in [-0.39, 0.29) is 11.9 Å². The maximum absolute atomic E-state index is 11.9. The molecule has 0 spiro atoms. The van der Waals surface area contributed by atoms with Gasteiger partial charge in [-0.05, 0) is 12.0 Å². The van der Waals surface area contributed by atoms with Gasteiger partial charge in [0.2, 0.25) is 5.91 Å². The van der Waals surface area contributed by atoms with Crippen LogP contribution in [0.5, 0.6) is 0 Å². The maximum atomic E-state index is 11.9. The molecule has 0 fully saturated rings. The van der Waals surface area contributed by atoms with Gasteiger partial charge in [-0.1, -0.05) is 37.3 Å². The van der Waals surface area contributed by atoms with Crippen molar-refractivity contribution >= 4 is 5.91 Å². The molecule has 3 N–H and O–H groups in total. The van der Waals surface area contributed by atoms with Gasteiger partial charge in [-0.2, -0.15) is 0 Å². The molecule has 0 saturated carbocycles. The summed E-state index contributed by atoms with van der Waals surface area (Å²) in [7, 11) is 0. The molecule has 0 heterocycles. The summed E-state index contributed by atoms with van der Waals surface area (Å²) in [6.07, 6.45) is 6.57. The van der Waals surface area contributed by atoms with Crippen LogP contribution in [-0.2, 0) is 4.79 Å². The number of hydrogen-bond acceptors (Lipinski definition) is 2. The Kier molecular flexibility index (Phi) is 5.25. The van der Waals surface area contributed by atoms with E-state index < -0.39 is 6.04 Å². The van der Waals surface area contributed by atoms with Crippen LogP contribution < -0.4 is 11.1 Å². The fourth-order valence-corrected chi connectivity index (χ4v) is 1.54. The SMILES string of the molecule is C#CCC(CC)NC(=O)[C@@H](N)c1ccccc1. The second-order valence-electron chi connectivity index (χ2n) is 3.91. The van der Waals surface area contributed by atoms with Crippen molar-refractivity contribution in [2.24, 2.45) is 5.73 Å². The van der Waals surface area contributed by atoms with Crippen molar-refractivity contribution in [2.75, 3.05) is 0 Å². The van der Waals surface area contributed by atoms with Crippen LogP contribution in [-0.4, -0.2) is 11.9 Å². The van der Waals surface area contributed by atoms with Crippen molar-refractivity contribution in [3.8, 4) is 12.3 Å². The third-order valence-corrected chi connectivity index (χ3v) is 2.64. The van der Waals surface area contributed by atoms with Gasteiger partial charge in [0.15, 0.2) is 0 Å². The van der Waals surface area contributed by atoms with Gasteiger partial charge in [-0.15, -0.1) is 12.3 Å². The second-order valence-corrected chi connectivity index (χ2v) is 3.91. The van der Waals surface area contributed by atoms with Gasteiger partial charge in [0.25, 0.3) is 0 Å². The average molecular weight is 230 g/mol. The van der Waals surface area contributed by atoms with Crippen molar-refractivity contribution in [3.05, 3.63) is 35.9 Å². The van der Waals surface area contributed by atoms with Crippen LogP contribution in [0.2, 0.25) is 0 Å². The van der Waals surface area contributed by atoms with E-state index in [1.807, 2.05) is 37.3 Å². The van der Waals surface area contributed by atoms with Crippen molar-refractivity contribution in [1.82, 2.24) is 5.32 Å². The molecule has 17 heavy (non-hydrogen) atoms.